The molecule has 0 aromatic heterocycles. The van der Waals surface area contributed by atoms with Gasteiger partial charge in [-0.05, 0) is 12.1 Å². The topological polar surface area (TPSA) is 83.8 Å². The van der Waals surface area contributed by atoms with Crippen LogP contribution in [0.2, 0.25) is 0 Å². The van der Waals surface area contributed by atoms with Crippen molar-refractivity contribution in [3.8, 4) is 5.75 Å². The van der Waals surface area contributed by atoms with Crippen molar-refractivity contribution in [2.75, 3.05) is 0 Å². The number of hydrogen-bond donors (Lipinski definition) is 2. The van der Waals surface area contributed by atoms with Crippen molar-refractivity contribution in [3.63, 3.8) is 0 Å². The summed E-state index contributed by atoms with van der Waals surface area (Å²) in [6, 6.07) is 8.87. The molecule has 0 aliphatic heterocycles. The second-order valence-corrected chi connectivity index (χ2v) is 2.70. The van der Waals surface area contributed by atoms with Crippen LogP contribution in [0.4, 0.5) is 0 Å². The van der Waals surface area contributed by atoms with Crippen molar-refractivity contribution in [3.05, 3.63) is 43.0 Å². The van der Waals surface area contributed by atoms with E-state index in [9.17, 15) is 4.79 Å². The van der Waals surface area contributed by atoms with E-state index >= 15 is 0 Å². The summed E-state index contributed by atoms with van der Waals surface area (Å²) in [5, 5.41) is 0. The summed E-state index contributed by atoms with van der Waals surface area (Å²) in [4.78, 5) is 24.9. The zero-order valence-corrected chi connectivity index (χ0v) is 8.63. The Morgan fingerprint density at radius 1 is 1.33 bits per heavy atom. The largest absolute Gasteiger partial charge is 0.692 e. The predicted octanol–water partition coefficient (Wildman–Crippen LogP) is 1.41. The highest BCUT2D eigenvalue weighted by atomic mass is 31.1. The minimum absolute atomic E-state index is 0.434. The van der Waals surface area contributed by atoms with Gasteiger partial charge in [-0.25, -0.2) is 4.79 Å². The van der Waals surface area contributed by atoms with Crippen LogP contribution in [0.1, 0.15) is 0 Å². The van der Waals surface area contributed by atoms with Crippen LogP contribution in [0.15, 0.2) is 43.0 Å². The Morgan fingerprint density at radius 3 is 2.20 bits per heavy atom. The third kappa shape index (κ3) is 8.77. The molecule has 1 aromatic carbocycles. The molecular formula is C9H10O5P+. The van der Waals surface area contributed by atoms with Crippen molar-refractivity contribution in [1.29, 1.82) is 0 Å². The van der Waals surface area contributed by atoms with Gasteiger partial charge in [0.2, 0.25) is 0 Å². The third-order valence-electron chi connectivity index (χ3n) is 1.13. The minimum Gasteiger partial charge on any atom is -0.423 e. The van der Waals surface area contributed by atoms with Crippen molar-refractivity contribution >= 4 is 14.2 Å². The van der Waals surface area contributed by atoms with E-state index in [1.807, 2.05) is 6.07 Å². The highest BCUT2D eigenvalue weighted by molar-refractivity contribution is 7.30. The molecule has 0 aliphatic rings. The number of benzene rings is 1. The molecule has 0 saturated heterocycles. The molecule has 6 heteroatoms. The molecule has 0 amide bonds. The van der Waals surface area contributed by atoms with Gasteiger partial charge in [0, 0.05) is 10.6 Å². The lowest BCUT2D eigenvalue weighted by atomic mass is 10.3. The molecule has 5 nitrogen and oxygen atoms in total. The highest BCUT2D eigenvalue weighted by Crippen LogP contribution is 2.07. The first-order valence-corrected chi connectivity index (χ1v) is 4.97. The molecule has 1 aromatic rings. The van der Waals surface area contributed by atoms with Crippen molar-refractivity contribution < 1.29 is 23.9 Å². The number of hydrogen-bond acceptors (Lipinski definition) is 3. The first-order valence-electron chi connectivity index (χ1n) is 3.80. The lowest BCUT2D eigenvalue weighted by molar-refractivity contribution is -0.128. The lowest BCUT2D eigenvalue weighted by Gasteiger charge is -1.98. The smallest absolute Gasteiger partial charge is 0.423 e. The summed E-state index contributed by atoms with van der Waals surface area (Å²) < 4.78 is 13.5. The molecule has 0 radical (unpaired) electrons. The molecule has 0 bridgehead atoms. The molecule has 0 atom stereocenters. The van der Waals surface area contributed by atoms with Gasteiger partial charge in [-0.3, -0.25) is 0 Å². The summed E-state index contributed by atoms with van der Waals surface area (Å²) in [6.07, 6.45) is 1.13. The van der Waals surface area contributed by atoms with Gasteiger partial charge in [0.05, 0.1) is 0 Å². The number of carbonyl (C=O) groups is 1. The summed E-state index contributed by atoms with van der Waals surface area (Å²) in [5.41, 5.74) is 0. The van der Waals surface area contributed by atoms with Crippen LogP contribution in [0.5, 0.6) is 5.75 Å². The molecule has 0 aliphatic carbocycles. The summed E-state index contributed by atoms with van der Waals surface area (Å²) >= 11 is 0. The Bertz CT molecular complexity index is 332. The molecule has 0 spiro atoms. The Kier molecular flexibility index (Phi) is 7.01. The molecule has 0 unspecified atom stereocenters. The molecule has 80 valence electrons. The molecule has 0 fully saturated rings. The number of ether oxygens (including phenoxy) is 1. The molecular weight excluding hydrogens is 219 g/mol. The maximum absolute atomic E-state index is 10.6. The number of carbonyl (C=O) groups excluding carboxylic acids is 1. The van der Waals surface area contributed by atoms with Gasteiger partial charge < -0.3 is 4.74 Å². The summed E-state index contributed by atoms with van der Waals surface area (Å²) in [5.74, 6) is 0.105. The van der Waals surface area contributed by atoms with Crippen LogP contribution in [-0.4, -0.2) is 15.8 Å². The Labute approximate surface area is 87.6 Å². The van der Waals surface area contributed by atoms with Crippen LogP contribution >= 0.6 is 8.25 Å². The number of esters is 1. The zero-order valence-electron chi connectivity index (χ0n) is 7.74. The van der Waals surface area contributed by atoms with E-state index in [-0.39, 0.29) is 0 Å². The van der Waals surface area contributed by atoms with E-state index in [0.717, 1.165) is 6.08 Å². The van der Waals surface area contributed by atoms with Gasteiger partial charge in [0.15, 0.2) is 0 Å². The Balaban J connectivity index is 0.000000423. The molecule has 15 heavy (non-hydrogen) atoms. The molecule has 2 N–H and O–H groups in total. The first kappa shape index (κ1) is 13.4. The van der Waals surface area contributed by atoms with E-state index in [0.29, 0.717) is 5.75 Å². The standard InChI is InChI=1S/C9H8O2.HO3P/c1-2-9(10)11-8-6-4-3-5-7-8;1-4(2)3/h2-7H,1H2;(H-,1,2,3)/p+1. The van der Waals surface area contributed by atoms with Crippen molar-refractivity contribution in [2.24, 2.45) is 0 Å². The summed E-state index contributed by atoms with van der Waals surface area (Å²) in [7, 11) is -2.87. The number of rotatable bonds is 2. The maximum Gasteiger partial charge on any atom is 0.692 e. The lowest BCUT2D eigenvalue weighted by Crippen LogP contribution is -2.02. The van der Waals surface area contributed by atoms with Crippen LogP contribution in [0.3, 0.4) is 0 Å². The fraction of sp³-hybridized carbons (Fsp3) is 0. The zero-order chi connectivity index (χ0) is 11.7. The van der Waals surface area contributed by atoms with E-state index in [1.54, 1.807) is 24.3 Å². The van der Waals surface area contributed by atoms with E-state index in [2.05, 4.69) is 6.58 Å². The third-order valence-corrected chi connectivity index (χ3v) is 1.13. The fourth-order valence-electron chi connectivity index (χ4n) is 0.646. The number of para-hydroxylation sites is 1. The van der Waals surface area contributed by atoms with Crippen molar-refractivity contribution in [2.45, 2.75) is 0 Å². The predicted molar refractivity (Wildman–Crippen MR) is 54.3 cm³/mol. The average Bonchev–Trinajstić information content (AvgIpc) is 2.18. The fourth-order valence-corrected chi connectivity index (χ4v) is 0.646. The normalized spacial score (nSPS) is 8.13. The van der Waals surface area contributed by atoms with Crippen LogP contribution in [0.25, 0.3) is 0 Å². The summed E-state index contributed by atoms with van der Waals surface area (Å²) in [6.45, 7) is 3.28. The van der Waals surface area contributed by atoms with Gasteiger partial charge >= 0.3 is 14.2 Å². The highest BCUT2D eigenvalue weighted by Gasteiger charge is 1.95. The molecule has 0 heterocycles. The molecule has 0 saturated carbocycles. The Morgan fingerprint density at radius 2 is 1.80 bits per heavy atom. The van der Waals surface area contributed by atoms with Gasteiger partial charge in [0.1, 0.15) is 5.75 Å². The Hall–Kier alpha value is -1.55. The van der Waals surface area contributed by atoms with Gasteiger partial charge in [-0.15, -0.1) is 9.79 Å². The van der Waals surface area contributed by atoms with E-state index in [4.69, 9.17) is 19.1 Å². The maximum atomic E-state index is 10.6. The quantitative estimate of drug-likeness (QED) is 0.346. The van der Waals surface area contributed by atoms with Crippen LogP contribution < -0.4 is 4.74 Å². The van der Waals surface area contributed by atoms with E-state index < -0.39 is 14.2 Å². The molecule has 1 rings (SSSR count). The van der Waals surface area contributed by atoms with Crippen LogP contribution in [-0.2, 0) is 9.36 Å². The van der Waals surface area contributed by atoms with Crippen LogP contribution in [0, 0.1) is 0 Å². The first-order chi connectivity index (χ1) is 7.06. The second kappa shape index (κ2) is 7.82. The van der Waals surface area contributed by atoms with Gasteiger partial charge in [-0.2, -0.15) is 0 Å². The van der Waals surface area contributed by atoms with E-state index in [1.165, 1.54) is 0 Å². The van der Waals surface area contributed by atoms with Gasteiger partial charge in [0.25, 0.3) is 0 Å². The second-order valence-electron chi connectivity index (χ2n) is 2.19. The SMILES string of the molecule is C=CC(=O)Oc1ccccc1.O=[P+](O)O. The average molecular weight is 229 g/mol. The minimum atomic E-state index is -2.87. The van der Waals surface area contributed by atoms with Gasteiger partial charge in [-0.1, -0.05) is 24.8 Å². The van der Waals surface area contributed by atoms with Crippen molar-refractivity contribution in [1.82, 2.24) is 0 Å². The monoisotopic (exact) mass is 229 g/mol.